The molecular formula is C22H21N5O4. The van der Waals surface area contributed by atoms with E-state index in [1.165, 1.54) is 6.92 Å². The molecule has 0 aliphatic rings. The highest BCUT2D eigenvalue weighted by molar-refractivity contribution is 6.10. The molecule has 0 saturated heterocycles. The van der Waals surface area contributed by atoms with Crippen molar-refractivity contribution >= 4 is 29.5 Å². The molecule has 9 heteroatoms. The number of aliphatic carboxylic acids is 1. The van der Waals surface area contributed by atoms with Crippen molar-refractivity contribution in [2.75, 3.05) is 5.32 Å². The first kappa shape index (κ1) is 21.4. The monoisotopic (exact) mass is 419 g/mol. The molecule has 1 amide bonds. The van der Waals surface area contributed by atoms with Crippen LogP contribution in [0.3, 0.4) is 0 Å². The molecule has 3 aromatic rings. The van der Waals surface area contributed by atoms with Gasteiger partial charge in [0.25, 0.3) is 11.5 Å². The van der Waals surface area contributed by atoms with Crippen molar-refractivity contribution in [1.29, 1.82) is 0 Å². The number of nitrogens with zero attached hydrogens (tertiary/aromatic N) is 2. The number of H-pyrrole nitrogens is 1. The highest BCUT2D eigenvalue weighted by Crippen LogP contribution is 2.16. The zero-order valence-corrected chi connectivity index (χ0v) is 16.9. The number of aromatic nitrogens is 2. The summed E-state index contributed by atoms with van der Waals surface area (Å²) in [6.07, 6.45) is 0. The number of amides is 1. The van der Waals surface area contributed by atoms with Crippen molar-refractivity contribution < 1.29 is 14.7 Å². The molecule has 0 bridgehead atoms. The Morgan fingerprint density at radius 3 is 2.45 bits per heavy atom. The summed E-state index contributed by atoms with van der Waals surface area (Å²) in [4.78, 5) is 46.7. The summed E-state index contributed by atoms with van der Waals surface area (Å²) in [6, 6.07) is 17.0. The Balaban J connectivity index is 2.00. The van der Waals surface area contributed by atoms with E-state index in [1.807, 2.05) is 25.1 Å². The minimum absolute atomic E-state index is 0.0198. The highest BCUT2D eigenvalue weighted by atomic mass is 16.4. The topological polar surface area (TPSA) is 137 Å². The molecule has 1 atom stereocenters. The van der Waals surface area contributed by atoms with Gasteiger partial charge < -0.3 is 10.4 Å². The minimum atomic E-state index is -1.12. The van der Waals surface area contributed by atoms with Crippen molar-refractivity contribution in [2.45, 2.75) is 19.8 Å². The van der Waals surface area contributed by atoms with E-state index in [0.717, 1.165) is 11.6 Å². The number of hydrogen-bond acceptors (Lipinski definition) is 5. The van der Waals surface area contributed by atoms with Gasteiger partial charge in [0.2, 0.25) is 11.9 Å². The molecule has 4 N–H and O–H groups in total. The van der Waals surface area contributed by atoms with E-state index in [0.29, 0.717) is 11.3 Å². The molecule has 1 aromatic heterocycles. The Morgan fingerprint density at radius 1 is 1.10 bits per heavy atom. The fraction of sp³-hybridized carbons (Fsp3) is 0.136. The molecule has 158 valence electrons. The standard InChI is InChI=1S/C22H21N5O4/c1-13-8-6-7-11-16(13)23-22(26-19(29)15-9-4-3-5-10-15)27-21-24-17(12-18(28)25-21)14(2)20(30)31/h3-12,14H,1-2H3,(H,30,31)(H3,23,24,25,26,27,28,29). The number of carboxylic acid groups (broad SMARTS) is 1. The number of carbonyl (C=O) groups excluding carboxylic acids is 1. The number of aliphatic imine (C=N–C) groups is 1. The van der Waals surface area contributed by atoms with Crippen molar-refractivity contribution in [3.63, 3.8) is 0 Å². The van der Waals surface area contributed by atoms with E-state index < -0.39 is 23.4 Å². The maximum Gasteiger partial charge on any atom is 0.312 e. The molecule has 31 heavy (non-hydrogen) atoms. The van der Waals surface area contributed by atoms with E-state index >= 15 is 0 Å². The number of aromatic amines is 1. The number of anilines is 1. The molecule has 1 unspecified atom stereocenters. The summed E-state index contributed by atoms with van der Waals surface area (Å²) in [7, 11) is 0. The highest BCUT2D eigenvalue weighted by Gasteiger charge is 2.17. The van der Waals surface area contributed by atoms with Crippen molar-refractivity contribution in [3.8, 4) is 0 Å². The number of rotatable bonds is 5. The predicted molar refractivity (Wildman–Crippen MR) is 117 cm³/mol. The van der Waals surface area contributed by atoms with Gasteiger partial charge in [-0.1, -0.05) is 36.4 Å². The molecule has 0 saturated carbocycles. The lowest BCUT2D eigenvalue weighted by Gasteiger charge is -2.13. The number of nitrogens with one attached hydrogen (secondary N) is 3. The Hall–Kier alpha value is -4.27. The van der Waals surface area contributed by atoms with Crippen molar-refractivity contribution in [1.82, 2.24) is 15.3 Å². The Kier molecular flexibility index (Phi) is 6.56. The Bertz CT molecular complexity index is 1190. The van der Waals surface area contributed by atoms with Crippen LogP contribution in [0.2, 0.25) is 0 Å². The quantitative estimate of drug-likeness (QED) is 0.371. The average Bonchev–Trinajstić information content (AvgIpc) is 2.74. The van der Waals surface area contributed by atoms with Crippen LogP contribution in [-0.2, 0) is 4.79 Å². The number of carboxylic acids is 1. The average molecular weight is 419 g/mol. The molecule has 9 nitrogen and oxygen atoms in total. The van der Waals surface area contributed by atoms with Gasteiger partial charge in [-0.25, -0.2) is 4.98 Å². The second kappa shape index (κ2) is 9.49. The second-order valence-electron chi connectivity index (χ2n) is 6.77. The second-order valence-corrected chi connectivity index (χ2v) is 6.77. The Morgan fingerprint density at radius 2 is 1.77 bits per heavy atom. The SMILES string of the molecule is Cc1ccccc1N/C(=N\c1nc(C(C)C(=O)O)cc(=O)[nH]1)NC(=O)c1ccccc1. The first-order chi connectivity index (χ1) is 14.8. The van der Waals surface area contributed by atoms with E-state index in [4.69, 9.17) is 0 Å². The number of para-hydroxylation sites is 1. The largest absolute Gasteiger partial charge is 0.481 e. The van der Waals surface area contributed by atoms with Gasteiger partial charge in [-0.05, 0) is 37.6 Å². The van der Waals surface area contributed by atoms with E-state index in [1.54, 1.807) is 36.4 Å². The van der Waals surface area contributed by atoms with E-state index in [-0.39, 0.29) is 17.6 Å². The molecule has 2 aromatic carbocycles. The number of guanidine groups is 1. The van der Waals surface area contributed by atoms with Gasteiger partial charge in [-0.3, -0.25) is 24.7 Å². The summed E-state index contributed by atoms with van der Waals surface area (Å²) < 4.78 is 0. The van der Waals surface area contributed by atoms with Crippen LogP contribution in [0.25, 0.3) is 0 Å². The summed E-state index contributed by atoms with van der Waals surface area (Å²) >= 11 is 0. The molecule has 0 aliphatic heterocycles. The van der Waals surface area contributed by atoms with Crippen LogP contribution in [0.1, 0.15) is 34.5 Å². The molecule has 1 heterocycles. The maximum atomic E-state index is 12.6. The van der Waals surface area contributed by atoms with Gasteiger partial charge in [0, 0.05) is 17.3 Å². The molecule has 0 radical (unpaired) electrons. The lowest BCUT2D eigenvalue weighted by atomic mass is 10.1. The van der Waals surface area contributed by atoms with Gasteiger partial charge in [-0.15, -0.1) is 0 Å². The lowest BCUT2D eigenvalue weighted by molar-refractivity contribution is -0.138. The van der Waals surface area contributed by atoms with Crippen LogP contribution in [0.5, 0.6) is 0 Å². The molecule has 3 rings (SSSR count). The van der Waals surface area contributed by atoms with Gasteiger partial charge in [0.15, 0.2) is 0 Å². The zero-order valence-electron chi connectivity index (χ0n) is 16.9. The summed E-state index contributed by atoms with van der Waals surface area (Å²) in [5.74, 6) is -2.66. The number of carbonyl (C=O) groups is 2. The van der Waals surface area contributed by atoms with E-state index in [2.05, 4.69) is 25.6 Å². The molecule has 0 spiro atoms. The number of aryl methyl sites for hydroxylation is 1. The maximum absolute atomic E-state index is 12.6. The molecule has 0 fully saturated rings. The molecular weight excluding hydrogens is 398 g/mol. The molecule has 0 aliphatic carbocycles. The smallest absolute Gasteiger partial charge is 0.312 e. The van der Waals surface area contributed by atoms with Crippen LogP contribution in [0, 0.1) is 6.92 Å². The number of benzene rings is 2. The third-order valence-electron chi connectivity index (χ3n) is 4.45. The lowest BCUT2D eigenvalue weighted by Crippen LogP contribution is -2.36. The number of hydrogen-bond donors (Lipinski definition) is 4. The first-order valence-electron chi connectivity index (χ1n) is 9.45. The van der Waals surface area contributed by atoms with Gasteiger partial charge >= 0.3 is 5.97 Å². The van der Waals surface area contributed by atoms with E-state index in [9.17, 15) is 19.5 Å². The van der Waals surface area contributed by atoms with Crippen LogP contribution in [0.15, 0.2) is 70.5 Å². The Labute approximate surface area is 177 Å². The van der Waals surface area contributed by atoms with Crippen LogP contribution in [0.4, 0.5) is 11.6 Å². The van der Waals surface area contributed by atoms with Gasteiger partial charge in [0.05, 0.1) is 11.6 Å². The summed E-state index contributed by atoms with van der Waals surface area (Å²) in [6.45, 7) is 3.30. The van der Waals surface area contributed by atoms with Crippen molar-refractivity contribution in [3.05, 3.63) is 87.8 Å². The fourth-order valence-corrected chi connectivity index (χ4v) is 2.67. The van der Waals surface area contributed by atoms with Crippen LogP contribution in [-0.4, -0.2) is 32.9 Å². The minimum Gasteiger partial charge on any atom is -0.481 e. The third-order valence-corrected chi connectivity index (χ3v) is 4.45. The summed E-state index contributed by atoms with van der Waals surface area (Å²) in [5.41, 5.74) is 1.50. The zero-order chi connectivity index (χ0) is 22.4. The van der Waals surface area contributed by atoms with Crippen LogP contribution >= 0.6 is 0 Å². The fourth-order valence-electron chi connectivity index (χ4n) is 2.67. The third kappa shape index (κ3) is 5.63. The van der Waals surface area contributed by atoms with Crippen molar-refractivity contribution in [2.24, 2.45) is 4.99 Å². The summed E-state index contributed by atoms with van der Waals surface area (Å²) in [5, 5.41) is 14.9. The van der Waals surface area contributed by atoms with Crippen LogP contribution < -0.4 is 16.2 Å². The predicted octanol–water partition coefficient (Wildman–Crippen LogP) is 2.80. The first-order valence-corrected chi connectivity index (χ1v) is 9.45. The van der Waals surface area contributed by atoms with Gasteiger partial charge in [-0.2, -0.15) is 4.99 Å². The normalized spacial score (nSPS) is 12.1. The van der Waals surface area contributed by atoms with Gasteiger partial charge in [0.1, 0.15) is 0 Å².